The van der Waals surface area contributed by atoms with Crippen LogP contribution in [-0.4, -0.2) is 13.1 Å². The Balaban J connectivity index is 2.03. The Morgan fingerprint density at radius 2 is 1.28 bits per heavy atom. The van der Waals surface area contributed by atoms with Crippen molar-refractivity contribution in [3.63, 3.8) is 0 Å². The van der Waals surface area contributed by atoms with E-state index in [2.05, 4.69) is 47.0 Å². The van der Waals surface area contributed by atoms with Gasteiger partial charge < -0.3 is 4.90 Å². The van der Waals surface area contributed by atoms with Gasteiger partial charge in [-0.1, -0.05) is 32.6 Å². The molecular formula is C22H27N3. The van der Waals surface area contributed by atoms with Gasteiger partial charge in [0.1, 0.15) is 0 Å². The van der Waals surface area contributed by atoms with Crippen molar-refractivity contribution in [2.24, 2.45) is 10.2 Å². The first kappa shape index (κ1) is 18.7. The van der Waals surface area contributed by atoms with E-state index in [9.17, 15) is 0 Å². The topological polar surface area (TPSA) is 28.0 Å². The molecule has 3 nitrogen and oxygen atoms in total. The van der Waals surface area contributed by atoms with E-state index >= 15 is 0 Å². The van der Waals surface area contributed by atoms with E-state index in [1.54, 1.807) is 0 Å². The molecule has 3 heteroatoms. The Kier molecular flexibility index (Phi) is 7.72. The van der Waals surface area contributed by atoms with Crippen LogP contribution in [0.3, 0.4) is 0 Å². The van der Waals surface area contributed by atoms with Gasteiger partial charge in [0.15, 0.2) is 0 Å². The van der Waals surface area contributed by atoms with E-state index in [0.29, 0.717) is 0 Å². The summed E-state index contributed by atoms with van der Waals surface area (Å²) in [6.07, 6.45) is 10.2. The van der Waals surface area contributed by atoms with Crippen molar-refractivity contribution in [3.8, 4) is 12.3 Å². The molecule has 0 spiro atoms. The molecule has 0 aliphatic rings. The van der Waals surface area contributed by atoms with E-state index in [1.807, 2.05) is 36.4 Å². The zero-order valence-electron chi connectivity index (χ0n) is 15.3. The van der Waals surface area contributed by atoms with Crippen molar-refractivity contribution in [2.45, 2.75) is 39.5 Å². The quantitative estimate of drug-likeness (QED) is 0.381. The number of hydrogen-bond donors (Lipinski definition) is 0. The average molecular weight is 333 g/mol. The Hall–Kier alpha value is -2.60. The maximum absolute atomic E-state index is 5.36. The fraction of sp³-hybridized carbons (Fsp3) is 0.364. The fourth-order valence-electron chi connectivity index (χ4n) is 2.54. The van der Waals surface area contributed by atoms with Gasteiger partial charge >= 0.3 is 0 Å². The number of hydrogen-bond acceptors (Lipinski definition) is 3. The minimum absolute atomic E-state index is 0.801. The molecule has 0 aliphatic carbocycles. The van der Waals surface area contributed by atoms with Gasteiger partial charge in [-0.15, -0.1) is 6.42 Å². The highest BCUT2D eigenvalue weighted by Crippen LogP contribution is 2.23. The molecule has 0 amide bonds. The number of benzene rings is 2. The molecule has 25 heavy (non-hydrogen) atoms. The molecule has 2 aromatic carbocycles. The van der Waals surface area contributed by atoms with Crippen molar-refractivity contribution >= 4 is 17.1 Å². The number of nitrogens with zero attached hydrogens (tertiary/aromatic N) is 3. The van der Waals surface area contributed by atoms with Crippen LogP contribution < -0.4 is 4.90 Å². The van der Waals surface area contributed by atoms with Crippen LogP contribution in [-0.2, 0) is 0 Å². The lowest BCUT2D eigenvalue weighted by Crippen LogP contribution is -2.25. The second kappa shape index (κ2) is 10.3. The highest BCUT2D eigenvalue weighted by atomic mass is 15.1. The van der Waals surface area contributed by atoms with Crippen molar-refractivity contribution in [2.75, 3.05) is 18.0 Å². The minimum Gasteiger partial charge on any atom is -0.372 e. The molecule has 0 saturated heterocycles. The third-order valence-corrected chi connectivity index (χ3v) is 4.09. The lowest BCUT2D eigenvalue weighted by atomic mass is 10.2. The summed E-state index contributed by atoms with van der Waals surface area (Å²) in [5, 5.41) is 8.58. The number of azo groups is 1. The molecule has 0 heterocycles. The molecule has 2 rings (SSSR count). The van der Waals surface area contributed by atoms with Crippen LogP contribution in [0.5, 0.6) is 0 Å². The molecule has 0 N–H and O–H groups in total. The largest absolute Gasteiger partial charge is 0.372 e. The zero-order valence-corrected chi connectivity index (χ0v) is 15.3. The lowest BCUT2D eigenvalue weighted by molar-refractivity contribution is 0.678. The summed E-state index contributed by atoms with van der Waals surface area (Å²) in [6.45, 7) is 6.69. The number of terminal acetylenes is 1. The highest BCUT2D eigenvalue weighted by molar-refractivity contribution is 5.53. The summed E-state index contributed by atoms with van der Waals surface area (Å²) in [6, 6.07) is 15.8. The van der Waals surface area contributed by atoms with Gasteiger partial charge in [0, 0.05) is 24.3 Å². The van der Waals surface area contributed by atoms with Crippen LogP contribution in [0, 0.1) is 12.3 Å². The maximum atomic E-state index is 5.36. The minimum atomic E-state index is 0.801. The number of anilines is 1. The molecule has 0 aliphatic heterocycles. The number of rotatable bonds is 9. The van der Waals surface area contributed by atoms with Crippen LogP contribution in [0.4, 0.5) is 17.1 Å². The second-order valence-corrected chi connectivity index (χ2v) is 6.10. The smallest absolute Gasteiger partial charge is 0.0858 e. The highest BCUT2D eigenvalue weighted by Gasteiger charge is 2.05. The number of unbranched alkanes of at least 4 members (excludes halogenated alkanes) is 2. The Bertz CT molecular complexity index is 686. The summed E-state index contributed by atoms with van der Waals surface area (Å²) in [5.41, 5.74) is 3.77. The Morgan fingerprint density at radius 3 is 1.72 bits per heavy atom. The first-order valence-corrected chi connectivity index (χ1v) is 9.10. The molecule has 0 unspecified atom stereocenters. The second-order valence-electron chi connectivity index (χ2n) is 6.10. The lowest BCUT2D eigenvalue weighted by Gasteiger charge is -2.24. The average Bonchev–Trinajstić information content (AvgIpc) is 2.67. The molecule has 0 bridgehead atoms. The normalized spacial score (nSPS) is 10.8. The van der Waals surface area contributed by atoms with Crippen molar-refractivity contribution in [1.82, 2.24) is 0 Å². The van der Waals surface area contributed by atoms with Crippen LogP contribution in [0.1, 0.15) is 45.1 Å². The van der Waals surface area contributed by atoms with Crippen LogP contribution in [0.25, 0.3) is 0 Å². The van der Waals surface area contributed by atoms with Crippen molar-refractivity contribution in [3.05, 3.63) is 54.1 Å². The van der Waals surface area contributed by atoms with E-state index in [4.69, 9.17) is 6.42 Å². The van der Waals surface area contributed by atoms with Crippen LogP contribution in [0.2, 0.25) is 0 Å². The SMILES string of the molecule is C#Cc1ccc(N=Nc2ccc(N(CCCC)CCCC)cc2)cc1. The first-order valence-electron chi connectivity index (χ1n) is 9.10. The van der Waals surface area contributed by atoms with Gasteiger partial charge in [-0.2, -0.15) is 10.2 Å². The van der Waals surface area contributed by atoms with Crippen LogP contribution in [0.15, 0.2) is 58.8 Å². The molecule has 0 fully saturated rings. The predicted octanol–water partition coefficient (Wildman–Crippen LogP) is 6.49. The summed E-state index contributed by atoms with van der Waals surface area (Å²) < 4.78 is 0. The van der Waals surface area contributed by atoms with Crippen molar-refractivity contribution < 1.29 is 0 Å². The van der Waals surface area contributed by atoms with Gasteiger partial charge in [-0.25, -0.2) is 0 Å². The van der Waals surface area contributed by atoms with E-state index in [1.165, 1.54) is 31.4 Å². The Labute approximate surface area is 151 Å². The fourth-order valence-corrected chi connectivity index (χ4v) is 2.54. The Morgan fingerprint density at radius 1 is 0.800 bits per heavy atom. The van der Waals surface area contributed by atoms with E-state index in [0.717, 1.165) is 30.0 Å². The summed E-state index contributed by atoms with van der Waals surface area (Å²) in [5.74, 6) is 2.60. The maximum Gasteiger partial charge on any atom is 0.0858 e. The van der Waals surface area contributed by atoms with Crippen LogP contribution >= 0.6 is 0 Å². The van der Waals surface area contributed by atoms with Gasteiger partial charge in [0.05, 0.1) is 11.4 Å². The third kappa shape index (κ3) is 6.08. The first-order chi connectivity index (χ1) is 12.3. The van der Waals surface area contributed by atoms with E-state index in [-0.39, 0.29) is 0 Å². The molecule has 0 saturated carbocycles. The standard InChI is InChI=1S/C22H27N3/c1-4-7-17-25(18-8-5-2)22-15-13-21(14-16-22)24-23-20-11-9-19(6-3)10-12-20/h3,9-16H,4-5,7-8,17-18H2,1-2H3. The molecule has 0 atom stereocenters. The van der Waals surface area contributed by atoms with Crippen molar-refractivity contribution in [1.29, 1.82) is 0 Å². The molecule has 0 radical (unpaired) electrons. The molecular weight excluding hydrogens is 306 g/mol. The van der Waals surface area contributed by atoms with E-state index < -0.39 is 0 Å². The van der Waals surface area contributed by atoms with Gasteiger partial charge in [0.2, 0.25) is 0 Å². The molecule has 0 aromatic heterocycles. The predicted molar refractivity (Wildman–Crippen MR) is 107 cm³/mol. The van der Waals surface area contributed by atoms with Gasteiger partial charge in [0.25, 0.3) is 0 Å². The summed E-state index contributed by atoms with van der Waals surface area (Å²) in [4.78, 5) is 2.46. The van der Waals surface area contributed by atoms with Gasteiger partial charge in [-0.05, 0) is 61.4 Å². The summed E-state index contributed by atoms with van der Waals surface area (Å²) >= 11 is 0. The molecule has 2 aromatic rings. The zero-order chi connectivity index (χ0) is 17.9. The molecule has 130 valence electrons. The summed E-state index contributed by atoms with van der Waals surface area (Å²) in [7, 11) is 0. The monoisotopic (exact) mass is 333 g/mol. The third-order valence-electron chi connectivity index (χ3n) is 4.09. The van der Waals surface area contributed by atoms with Gasteiger partial charge in [-0.3, -0.25) is 0 Å².